The van der Waals surface area contributed by atoms with E-state index in [4.69, 9.17) is 14.2 Å². The molecule has 4 N–H and O–H groups in total. The predicted molar refractivity (Wildman–Crippen MR) is 204 cm³/mol. The number of ether oxygens (including phenoxy) is 4. The number of halogens is 3. The lowest BCUT2D eigenvalue weighted by molar-refractivity contribution is -0.174. The number of carboxylic acids is 1. The van der Waals surface area contributed by atoms with Crippen LogP contribution >= 0.6 is 0 Å². The Morgan fingerprint density at radius 3 is 2.25 bits per heavy atom. The van der Waals surface area contributed by atoms with Crippen LogP contribution in [-0.2, 0) is 25.6 Å². The van der Waals surface area contributed by atoms with Crippen LogP contribution in [0.1, 0.15) is 75.2 Å². The average molecular weight is 779 g/mol. The molecule has 0 heterocycles. The molecule has 14 nitrogen and oxygen atoms in total. The fourth-order valence-corrected chi connectivity index (χ4v) is 4.98. The van der Waals surface area contributed by atoms with Gasteiger partial charge in [-0.3, -0.25) is 14.6 Å². The summed E-state index contributed by atoms with van der Waals surface area (Å²) < 4.78 is 58.8. The van der Waals surface area contributed by atoms with E-state index in [2.05, 4.69) is 49.1 Å². The highest BCUT2D eigenvalue weighted by atomic mass is 19.4. The van der Waals surface area contributed by atoms with Gasteiger partial charge >= 0.3 is 12.1 Å². The van der Waals surface area contributed by atoms with Crippen LogP contribution in [0.5, 0.6) is 11.5 Å². The Balaban J connectivity index is 1.85. The number of hydrogen-bond donors (Lipinski definition) is 4. The molecule has 0 fully saturated rings. The van der Waals surface area contributed by atoms with Crippen LogP contribution in [0.25, 0.3) is 0 Å². The smallest absolute Gasteiger partial charge is 0.411 e. The largest absolute Gasteiger partial charge is 0.494 e. The van der Waals surface area contributed by atoms with Gasteiger partial charge in [-0.1, -0.05) is 12.1 Å². The minimum Gasteiger partial charge on any atom is -0.494 e. The first-order valence-corrected chi connectivity index (χ1v) is 17.8. The zero-order valence-corrected chi connectivity index (χ0v) is 31.7. The van der Waals surface area contributed by atoms with E-state index in [1.165, 1.54) is 6.07 Å². The summed E-state index contributed by atoms with van der Waals surface area (Å²) in [6.45, 7) is 12.1. The molecule has 0 bridgehead atoms. The van der Waals surface area contributed by atoms with Gasteiger partial charge in [0.2, 0.25) is 12.4 Å². The van der Waals surface area contributed by atoms with Crippen molar-refractivity contribution in [2.24, 2.45) is 20.9 Å². The summed E-state index contributed by atoms with van der Waals surface area (Å²) in [6.07, 6.45) is 0.192. The summed E-state index contributed by atoms with van der Waals surface area (Å²) >= 11 is 0. The quantitative estimate of drug-likeness (QED) is 0.0299. The van der Waals surface area contributed by atoms with Crippen molar-refractivity contribution in [3.8, 4) is 11.5 Å². The maximum absolute atomic E-state index is 13.5. The summed E-state index contributed by atoms with van der Waals surface area (Å²) in [7, 11) is 0. The van der Waals surface area contributed by atoms with Gasteiger partial charge in [-0.25, -0.2) is 14.8 Å². The van der Waals surface area contributed by atoms with Gasteiger partial charge in [0.1, 0.15) is 30.9 Å². The summed E-state index contributed by atoms with van der Waals surface area (Å²) in [5, 5.41) is 17.9. The second-order valence-corrected chi connectivity index (χ2v) is 13.4. The van der Waals surface area contributed by atoms with Crippen molar-refractivity contribution in [2.75, 3.05) is 39.7 Å². The van der Waals surface area contributed by atoms with Crippen molar-refractivity contribution in [1.82, 2.24) is 16.0 Å². The fourth-order valence-electron chi connectivity index (χ4n) is 4.98. The number of carbonyl (C=O) groups excluding carboxylic acids is 2. The van der Waals surface area contributed by atoms with Crippen molar-refractivity contribution in [2.45, 2.75) is 83.7 Å². The lowest BCUT2D eigenvalue weighted by Crippen LogP contribution is -2.48. The standard InChI is InChI=1S/C38H53F3N6O8/c1-37(2,3)55-23-28(11-10-18-44-25-48)33(35(50)51)47-34(49)31-17-14-29(42-4)21-32(31)54-20-9-7-6-8-19-53-30-15-12-27(13-16-30)22-45-36(43-5)46-26-52-24-38(39,40)41/h12-17,21,25,28,33H,4-11,18-20,22-24,26H2,1-3H3,(H,44,48)(H,45,46)(H,47,49)(H,50,51). The van der Waals surface area contributed by atoms with E-state index in [0.29, 0.717) is 56.9 Å². The van der Waals surface area contributed by atoms with E-state index in [-0.39, 0.29) is 30.4 Å². The maximum Gasteiger partial charge on any atom is 0.411 e. The molecule has 0 aromatic heterocycles. The number of carboxylic acid groups (broad SMARTS) is 1. The summed E-state index contributed by atoms with van der Waals surface area (Å²) in [6, 6.07) is 10.7. The van der Waals surface area contributed by atoms with E-state index in [1.54, 1.807) is 24.3 Å². The molecule has 2 rings (SSSR count). The first-order valence-electron chi connectivity index (χ1n) is 17.8. The number of unbranched alkanes of at least 4 members (excludes halogenated alkanes) is 3. The van der Waals surface area contributed by atoms with Gasteiger partial charge in [0, 0.05) is 18.5 Å². The van der Waals surface area contributed by atoms with Gasteiger partial charge < -0.3 is 40.0 Å². The molecule has 17 heteroatoms. The molecule has 0 saturated heterocycles. The van der Waals surface area contributed by atoms with Crippen LogP contribution < -0.4 is 25.4 Å². The highest BCUT2D eigenvalue weighted by molar-refractivity contribution is 5.99. The fraction of sp³-hybridized carbons (Fsp3) is 0.526. The molecule has 0 aliphatic heterocycles. The third-order valence-corrected chi connectivity index (χ3v) is 7.77. The lowest BCUT2D eigenvalue weighted by atomic mass is 9.94. The molecule has 0 spiro atoms. The van der Waals surface area contributed by atoms with E-state index in [1.807, 2.05) is 32.9 Å². The molecule has 55 heavy (non-hydrogen) atoms. The van der Waals surface area contributed by atoms with E-state index in [9.17, 15) is 32.7 Å². The SMILES string of the molecule is C=NC(=NCc1ccc(OCCCCCCOc2cc(N=C)ccc2C(=O)NC(C(=O)O)C(CCCNC=O)COC(C)(C)C)cc1)NCOCC(F)(F)F. The number of guanidine groups is 1. The first kappa shape index (κ1) is 46.1. The van der Waals surface area contributed by atoms with Crippen molar-refractivity contribution in [3.05, 3.63) is 53.6 Å². The maximum atomic E-state index is 13.5. The normalized spacial score (nSPS) is 12.9. The Bertz CT molecular complexity index is 1530. The minimum atomic E-state index is -4.42. The molecule has 0 aliphatic rings. The highest BCUT2D eigenvalue weighted by Crippen LogP contribution is 2.27. The number of aliphatic carboxylic acids is 1. The summed E-state index contributed by atoms with van der Waals surface area (Å²) in [5.74, 6) is -1.40. The van der Waals surface area contributed by atoms with Crippen LogP contribution in [0.3, 0.4) is 0 Å². The molecule has 2 aromatic carbocycles. The molecule has 2 aromatic rings. The Kier molecular flexibility index (Phi) is 20.5. The van der Waals surface area contributed by atoms with E-state index in [0.717, 1.165) is 24.8 Å². The first-order chi connectivity index (χ1) is 26.2. The molecule has 2 atom stereocenters. The topological polar surface area (TPSA) is 182 Å². The van der Waals surface area contributed by atoms with Gasteiger partial charge in [-0.05, 0) is 103 Å². The molecule has 0 radical (unpaired) electrons. The zero-order valence-electron chi connectivity index (χ0n) is 31.7. The Morgan fingerprint density at radius 2 is 1.65 bits per heavy atom. The van der Waals surface area contributed by atoms with Gasteiger partial charge in [-0.15, -0.1) is 0 Å². The predicted octanol–water partition coefficient (Wildman–Crippen LogP) is 5.86. The number of alkyl halides is 3. The van der Waals surface area contributed by atoms with E-state index >= 15 is 0 Å². The van der Waals surface area contributed by atoms with Gasteiger partial charge in [0.15, 0.2) is 0 Å². The Morgan fingerprint density at radius 1 is 0.964 bits per heavy atom. The highest BCUT2D eigenvalue weighted by Gasteiger charge is 2.32. The Labute approximate surface area is 320 Å². The molecular weight excluding hydrogens is 725 g/mol. The second-order valence-electron chi connectivity index (χ2n) is 13.4. The zero-order chi connectivity index (χ0) is 40.7. The number of amides is 2. The minimum absolute atomic E-state index is 0.0648. The number of nitrogens with one attached hydrogen (secondary N) is 3. The molecule has 2 unspecified atom stereocenters. The number of nitrogens with zero attached hydrogens (tertiary/aromatic N) is 3. The molecule has 304 valence electrons. The van der Waals surface area contributed by atoms with E-state index < -0.39 is 49.0 Å². The third kappa shape index (κ3) is 19.7. The van der Waals surface area contributed by atoms with Gasteiger partial charge in [-0.2, -0.15) is 13.2 Å². The number of rotatable bonds is 26. The van der Waals surface area contributed by atoms with Crippen LogP contribution in [0.15, 0.2) is 57.4 Å². The van der Waals surface area contributed by atoms with Crippen molar-refractivity contribution in [1.29, 1.82) is 0 Å². The molecule has 0 saturated carbocycles. The van der Waals surface area contributed by atoms with Gasteiger partial charge in [0.25, 0.3) is 5.91 Å². The van der Waals surface area contributed by atoms with Crippen molar-refractivity contribution in [3.63, 3.8) is 0 Å². The molecular formula is C38H53F3N6O8. The third-order valence-electron chi connectivity index (χ3n) is 7.77. The number of carbonyl (C=O) groups is 3. The van der Waals surface area contributed by atoms with Gasteiger partial charge in [0.05, 0.1) is 43.2 Å². The van der Waals surface area contributed by atoms with Crippen LogP contribution in [0.4, 0.5) is 18.9 Å². The second kappa shape index (κ2) is 24.4. The van der Waals surface area contributed by atoms with Crippen LogP contribution in [-0.4, -0.2) is 100 Å². The number of benzene rings is 2. The van der Waals surface area contributed by atoms with Crippen molar-refractivity contribution >= 4 is 43.4 Å². The lowest BCUT2D eigenvalue weighted by Gasteiger charge is -2.29. The monoisotopic (exact) mass is 778 g/mol. The van der Waals surface area contributed by atoms with Crippen LogP contribution in [0, 0.1) is 5.92 Å². The van der Waals surface area contributed by atoms with Crippen LogP contribution in [0.2, 0.25) is 0 Å². The summed E-state index contributed by atoms with van der Waals surface area (Å²) in [4.78, 5) is 48.3. The number of aliphatic imine (C=N–C) groups is 3. The molecule has 2 amide bonds. The molecule has 0 aliphatic carbocycles. The number of hydrogen-bond acceptors (Lipinski definition) is 9. The van der Waals surface area contributed by atoms with Crippen molar-refractivity contribution < 1.29 is 51.6 Å². The Hall–Kier alpha value is -5.03. The average Bonchev–Trinajstić information content (AvgIpc) is 3.13. The summed E-state index contributed by atoms with van der Waals surface area (Å²) in [5.41, 5.74) is 0.952.